The molecule has 4 aromatic rings. The maximum atomic E-state index is 17.4. The minimum Gasteiger partial charge on any atom is -0.461 e. The zero-order valence-electron chi connectivity index (χ0n) is 29.6. The average molecular weight is 758 g/mol. The number of aliphatic hydroxyl groups is 1. The molecule has 53 heavy (non-hydrogen) atoms. The van der Waals surface area contributed by atoms with Gasteiger partial charge in [0.05, 0.1) is 42.0 Å². The minimum atomic E-state index is -1.65. The van der Waals surface area contributed by atoms with E-state index in [9.17, 15) is 13.9 Å². The number of nitrogens with zero attached hydrogens (tertiary/aromatic N) is 7. The van der Waals surface area contributed by atoms with Crippen LogP contribution in [-0.2, 0) is 20.6 Å². The molecule has 1 aromatic carbocycles. The van der Waals surface area contributed by atoms with Crippen molar-refractivity contribution < 1.29 is 37.2 Å². The highest BCUT2D eigenvalue weighted by molar-refractivity contribution is 6.33. The van der Waals surface area contributed by atoms with E-state index >= 15 is 4.39 Å². The van der Waals surface area contributed by atoms with E-state index in [0.29, 0.717) is 97.0 Å². The van der Waals surface area contributed by atoms with Crippen LogP contribution in [0.1, 0.15) is 56.7 Å². The lowest BCUT2D eigenvalue weighted by molar-refractivity contribution is -0.0366. The van der Waals surface area contributed by atoms with E-state index in [4.69, 9.17) is 40.5 Å². The van der Waals surface area contributed by atoms with Crippen LogP contribution in [0.25, 0.3) is 33.1 Å². The maximum Gasteiger partial charge on any atom is 0.319 e. The summed E-state index contributed by atoms with van der Waals surface area (Å²) in [5, 5.41) is 15.9. The summed E-state index contributed by atoms with van der Waals surface area (Å²) in [5.74, 6) is -0.302. The first-order chi connectivity index (χ1) is 25.8. The molecular weight excluding hydrogens is 715 g/mol. The second kappa shape index (κ2) is 15.3. The highest BCUT2D eigenvalue weighted by Gasteiger charge is 2.48. The Bertz CT molecular complexity index is 2020. The molecule has 4 aliphatic rings. The number of pyridine rings is 1. The third-order valence-corrected chi connectivity index (χ3v) is 11.5. The van der Waals surface area contributed by atoms with Gasteiger partial charge in [0.2, 0.25) is 0 Å². The number of aliphatic hydroxyl groups excluding tert-OH is 1. The van der Waals surface area contributed by atoms with Gasteiger partial charge in [0, 0.05) is 67.7 Å². The molecule has 16 heteroatoms. The molecule has 4 aliphatic heterocycles. The number of benzene rings is 1. The number of hydrogen-bond acceptors (Lipinski definition) is 11. The summed E-state index contributed by atoms with van der Waals surface area (Å²) in [4.78, 5) is 18.2. The Balaban J connectivity index is 1.26. The standard InChI is InChI=1S/C37H43ClF3N7O5/c1-50-23-19-46(10-13-51-20-23)35-26-16-42-33(30-24(6-4-11-49)27(38)14-28-25(30)17-43-48(28)29-7-2-3-12-52-29)31(39)32(26)44-36(45-35)53-21-37-8-5-9-47(37)18-22(15-37)34(40)41/h14,16-17,23,29,49H,2-13,15,18-21H2,1H3. The molecule has 0 radical (unpaired) electrons. The Hall–Kier alpha value is -3.60. The summed E-state index contributed by atoms with van der Waals surface area (Å²) in [5.41, 5.74) is 1.29. The largest absolute Gasteiger partial charge is 0.461 e. The first-order valence-electron chi connectivity index (χ1n) is 18.3. The smallest absolute Gasteiger partial charge is 0.319 e. The van der Waals surface area contributed by atoms with Gasteiger partial charge in [0.15, 0.2) is 12.0 Å². The quantitative estimate of drug-likeness (QED) is 0.203. The summed E-state index contributed by atoms with van der Waals surface area (Å²) in [6.07, 6.45) is 6.31. The van der Waals surface area contributed by atoms with Gasteiger partial charge in [-0.1, -0.05) is 11.6 Å². The molecule has 3 atom stereocenters. The average Bonchev–Trinajstić information content (AvgIpc) is 3.81. The molecule has 8 rings (SSSR count). The number of hydrogen-bond donors (Lipinski definition) is 1. The van der Waals surface area contributed by atoms with E-state index in [1.165, 1.54) is 0 Å². The predicted molar refractivity (Wildman–Crippen MR) is 192 cm³/mol. The number of aromatic nitrogens is 5. The van der Waals surface area contributed by atoms with Gasteiger partial charge >= 0.3 is 6.01 Å². The molecule has 0 amide bonds. The van der Waals surface area contributed by atoms with Crippen molar-refractivity contribution >= 4 is 39.2 Å². The minimum absolute atomic E-state index is 0.0130. The van der Waals surface area contributed by atoms with Crippen LogP contribution in [0.3, 0.4) is 0 Å². The number of fused-ring (bicyclic) bond motifs is 3. The van der Waals surface area contributed by atoms with Crippen LogP contribution in [0.2, 0.25) is 5.02 Å². The fourth-order valence-corrected chi connectivity index (χ4v) is 8.69. The molecule has 3 aromatic heterocycles. The van der Waals surface area contributed by atoms with Crippen LogP contribution in [0, 0.1) is 5.82 Å². The van der Waals surface area contributed by atoms with Crippen LogP contribution in [0.15, 0.2) is 30.1 Å². The van der Waals surface area contributed by atoms with E-state index in [-0.39, 0.29) is 61.3 Å². The number of ether oxygens (including phenoxy) is 4. The molecule has 1 N–H and O–H groups in total. The van der Waals surface area contributed by atoms with Gasteiger partial charge in [-0.15, -0.1) is 0 Å². The zero-order valence-corrected chi connectivity index (χ0v) is 30.4. The zero-order chi connectivity index (χ0) is 36.7. The van der Waals surface area contributed by atoms with Crippen molar-refractivity contribution in [1.29, 1.82) is 0 Å². The van der Waals surface area contributed by atoms with Gasteiger partial charge in [-0.05, 0) is 69.5 Å². The Morgan fingerprint density at radius 1 is 1.13 bits per heavy atom. The highest BCUT2D eigenvalue weighted by atomic mass is 35.5. The van der Waals surface area contributed by atoms with Gasteiger partial charge < -0.3 is 29.0 Å². The van der Waals surface area contributed by atoms with Crippen LogP contribution in [-0.4, -0.2) is 113 Å². The molecule has 0 aliphatic carbocycles. The number of rotatable bonds is 10. The number of methoxy groups -OCH3 is 1. The SMILES string of the molecule is COC1COCCN(c2nc(OCC34CCCN3CC(=C(F)F)C4)nc3c(F)c(-c4c(CCCO)c(Cl)cc5c4cnn5C4CCCCO4)ncc23)C1. The highest BCUT2D eigenvalue weighted by Crippen LogP contribution is 2.44. The topological polar surface area (TPSA) is 120 Å². The van der Waals surface area contributed by atoms with Crippen LogP contribution < -0.4 is 9.64 Å². The summed E-state index contributed by atoms with van der Waals surface area (Å²) < 4.78 is 70.4. The van der Waals surface area contributed by atoms with Crippen LogP contribution in [0.4, 0.5) is 19.0 Å². The van der Waals surface area contributed by atoms with Crippen molar-refractivity contribution in [3.63, 3.8) is 0 Å². The summed E-state index contributed by atoms with van der Waals surface area (Å²) >= 11 is 6.96. The van der Waals surface area contributed by atoms with Gasteiger partial charge in [-0.25, -0.2) is 9.07 Å². The predicted octanol–water partition coefficient (Wildman–Crippen LogP) is 6.08. The Labute approximate surface area is 309 Å². The summed E-state index contributed by atoms with van der Waals surface area (Å²) in [7, 11) is 1.61. The molecule has 12 nitrogen and oxygen atoms in total. The third kappa shape index (κ3) is 6.84. The fourth-order valence-electron chi connectivity index (χ4n) is 8.39. The van der Waals surface area contributed by atoms with Crippen LogP contribution >= 0.6 is 11.6 Å². The molecule has 4 saturated heterocycles. The number of anilines is 1. The number of halogens is 4. The van der Waals surface area contributed by atoms with Gasteiger partial charge in [-0.3, -0.25) is 9.88 Å². The first kappa shape index (κ1) is 36.4. The molecule has 0 spiro atoms. The Morgan fingerprint density at radius 3 is 2.81 bits per heavy atom. The van der Waals surface area contributed by atoms with Crippen molar-refractivity contribution in [2.24, 2.45) is 0 Å². The van der Waals surface area contributed by atoms with Crippen LogP contribution in [0.5, 0.6) is 6.01 Å². The Kier molecular flexibility index (Phi) is 10.5. The molecular formula is C37H43ClF3N7O5. The summed E-state index contributed by atoms with van der Waals surface area (Å²) in [6.45, 7) is 3.13. The lowest BCUT2D eigenvalue weighted by Gasteiger charge is -2.31. The van der Waals surface area contributed by atoms with E-state index in [1.807, 2.05) is 15.9 Å². The maximum absolute atomic E-state index is 17.4. The second-order valence-corrected chi connectivity index (χ2v) is 14.8. The van der Waals surface area contributed by atoms with E-state index in [1.54, 1.807) is 24.2 Å². The van der Waals surface area contributed by atoms with Crippen molar-refractivity contribution in [2.45, 2.75) is 69.2 Å². The molecule has 284 valence electrons. The molecule has 7 heterocycles. The normalized spacial score (nSPS) is 24.0. The third-order valence-electron chi connectivity index (χ3n) is 11.1. The summed E-state index contributed by atoms with van der Waals surface area (Å²) in [6, 6.07) is 1.75. The second-order valence-electron chi connectivity index (χ2n) is 14.4. The molecule has 0 bridgehead atoms. The van der Waals surface area contributed by atoms with Crippen molar-refractivity contribution in [1.82, 2.24) is 29.6 Å². The molecule has 4 fully saturated rings. The van der Waals surface area contributed by atoms with Crippen molar-refractivity contribution in [3.8, 4) is 17.3 Å². The van der Waals surface area contributed by atoms with Gasteiger partial charge in [-0.2, -0.15) is 23.8 Å². The fraction of sp³-hybridized carbons (Fsp3) is 0.568. The Morgan fingerprint density at radius 2 is 2.02 bits per heavy atom. The molecule has 3 unspecified atom stereocenters. The van der Waals surface area contributed by atoms with E-state index in [2.05, 4.69) is 10.1 Å². The van der Waals surface area contributed by atoms with E-state index < -0.39 is 17.4 Å². The van der Waals surface area contributed by atoms with Gasteiger partial charge in [0.25, 0.3) is 6.08 Å². The van der Waals surface area contributed by atoms with Crippen molar-refractivity contribution in [2.75, 3.05) is 71.2 Å². The lowest BCUT2D eigenvalue weighted by Crippen LogP contribution is -2.43. The van der Waals surface area contributed by atoms with Crippen molar-refractivity contribution in [3.05, 3.63) is 46.5 Å². The van der Waals surface area contributed by atoms with Gasteiger partial charge in [0.1, 0.15) is 23.6 Å². The first-order valence-corrected chi connectivity index (χ1v) is 18.7. The molecule has 0 saturated carbocycles. The monoisotopic (exact) mass is 757 g/mol. The van der Waals surface area contributed by atoms with E-state index in [0.717, 1.165) is 25.7 Å². The lowest BCUT2D eigenvalue weighted by atomic mass is 9.94.